The molecule has 0 bridgehead atoms. The predicted octanol–water partition coefficient (Wildman–Crippen LogP) is 10.2. The van der Waals surface area contributed by atoms with E-state index in [4.69, 9.17) is 9.47 Å². The van der Waals surface area contributed by atoms with Crippen molar-refractivity contribution in [2.75, 3.05) is 13.2 Å². The minimum Gasteiger partial charge on any atom is -0.490 e. The number of carbonyl (C=O) groups excluding carboxylic acids is 2. The fraction of sp³-hybridized carbons (Fsp3) is 0.500. The highest BCUT2D eigenvalue weighted by Gasteiger charge is 2.18. The molecule has 0 amide bonds. The third-order valence-corrected chi connectivity index (χ3v) is 8.70. The molecule has 0 fully saturated rings. The van der Waals surface area contributed by atoms with Crippen molar-refractivity contribution in [2.24, 2.45) is 0 Å². The fourth-order valence-electron chi connectivity index (χ4n) is 4.44. The van der Waals surface area contributed by atoms with Gasteiger partial charge in [0.1, 0.15) is 0 Å². The van der Waals surface area contributed by atoms with Gasteiger partial charge in [0.2, 0.25) is 0 Å². The van der Waals surface area contributed by atoms with Gasteiger partial charge in [-0.3, -0.25) is 9.59 Å². The van der Waals surface area contributed by atoms with Crippen LogP contribution in [0.1, 0.15) is 110 Å². The number of hydrogen-bond donors (Lipinski definition) is 0. The lowest BCUT2D eigenvalue weighted by atomic mass is 10.0. The molecule has 0 radical (unpaired) electrons. The van der Waals surface area contributed by atoms with Crippen LogP contribution >= 0.6 is 22.7 Å². The van der Waals surface area contributed by atoms with E-state index < -0.39 is 0 Å². The quantitative estimate of drug-likeness (QED) is 0.103. The van der Waals surface area contributed by atoms with E-state index in [1.165, 1.54) is 74.0 Å². The Balaban J connectivity index is 1.84. The van der Waals surface area contributed by atoms with Crippen molar-refractivity contribution >= 4 is 35.2 Å². The molecule has 1 aromatic carbocycles. The van der Waals surface area contributed by atoms with E-state index >= 15 is 0 Å². The lowest BCUT2D eigenvalue weighted by Gasteiger charge is -2.17. The highest BCUT2D eigenvalue weighted by molar-refractivity contribution is 7.18. The van der Waals surface area contributed by atoms with Gasteiger partial charge < -0.3 is 9.47 Å². The topological polar surface area (TPSA) is 52.6 Å². The van der Waals surface area contributed by atoms with Crippen LogP contribution in [-0.4, -0.2) is 25.8 Å². The minimum atomic E-state index is 0.649. The monoisotopic (exact) mass is 554 g/mol. The fourth-order valence-corrected chi connectivity index (χ4v) is 6.15. The molecule has 0 aliphatic heterocycles. The van der Waals surface area contributed by atoms with E-state index in [1.807, 2.05) is 24.3 Å². The summed E-state index contributed by atoms with van der Waals surface area (Å²) in [6.07, 6.45) is 16.2. The number of carbonyl (C=O) groups is 2. The third-order valence-electron chi connectivity index (χ3n) is 6.61. The molecule has 38 heavy (non-hydrogen) atoms. The summed E-state index contributed by atoms with van der Waals surface area (Å²) in [6, 6.07) is 11.8. The van der Waals surface area contributed by atoms with Crippen LogP contribution in [0, 0.1) is 0 Å². The predicted molar refractivity (Wildman–Crippen MR) is 162 cm³/mol. The van der Waals surface area contributed by atoms with Crippen LogP contribution in [0.15, 0.2) is 36.4 Å². The third kappa shape index (κ3) is 9.39. The summed E-state index contributed by atoms with van der Waals surface area (Å²) in [7, 11) is 0. The van der Waals surface area contributed by atoms with E-state index in [1.54, 1.807) is 0 Å². The van der Waals surface area contributed by atoms with E-state index in [9.17, 15) is 9.59 Å². The smallest absolute Gasteiger partial charge is 0.161 e. The highest BCUT2D eigenvalue weighted by atomic mass is 32.1. The first-order chi connectivity index (χ1) is 18.7. The van der Waals surface area contributed by atoms with Crippen molar-refractivity contribution in [3.8, 4) is 32.4 Å². The maximum atomic E-state index is 11.4. The number of hydrogen-bond acceptors (Lipinski definition) is 6. The first kappa shape index (κ1) is 30.1. The Kier molecular flexibility index (Phi) is 13.6. The number of rotatable bonds is 20. The average molecular weight is 555 g/mol. The van der Waals surface area contributed by atoms with Crippen molar-refractivity contribution in [3.63, 3.8) is 0 Å². The number of benzene rings is 1. The summed E-state index contributed by atoms with van der Waals surface area (Å²) < 4.78 is 12.6. The SMILES string of the molecule is CCCCCCCCOc1cc(-c2ccc(C=O)s2)c(-c2ccc(C=O)s2)cc1OCCCCCCCC. The largest absolute Gasteiger partial charge is 0.490 e. The van der Waals surface area contributed by atoms with Gasteiger partial charge in [-0.1, -0.05) is 78.1 Å². The molecule has 0 saturated carbocycles. The zero-order valence-electron chi connectivity index (χ0n) is 23.0. The van der Waals surface area contributed by atoms with Crippen LogP contribution in [0.2, 0.25) is 0 Å². The standard InChI is InChI=1S/C32H42O4S2/c1-3-5-7-9-11-13-19-35-29-21-27(31-17-15-25(23-33)37-31)28(32-18-16-26(24-34)38-32)22-30(29)36-20-14-12-10-8-6-4-2/h15-18,21-24H,3-14,19-20H2,1-2H3. The maximum Gasteiger partial charge on any atom is 0.161 e. The Morgan fingerprint density at radius 1 is 0.579 bits per heavy atom. The maximum absolute atomic E-state index is 11.4. The van der Waals surface area contributed by atoms with Gasteiger partial charge in [-0.05, 0) is 49.2 Å². The molecule has 6 heteroatoms. The van der Waals surface area contributed by atoms with Gasteiger partial charge in [0, 0.05) is 20.9 Å². The zero-order chi connectivity index (χ0) is 27.0. The first-order valence-corrected chi connectivity index (χ1v) is 15.9. The van der Waals surface area contributed by atoms with Crippen LogP contribution < -0.4 is 9.47 Å². The van der Waals surface area contributed by atoms with E-state index in [-0.39, 0.29) is 0 Å². The Bertz CT molecular complexity index is 1030. The van der Waals surface area contributed by atoms with Crippen molar-refractivity contribution in [1.82, 2.24) is 0 Å². The zero-order valence-corrected chi connectivity index (χ0v) is 24.6. The van der Waals surface area contributed by atoms with Crippen LogP contribution in [0.3, 0.4) is 0 Å². The van der Waals surface area contributed by atoms with Gasteiger partial charge >= 0.3 is 0 Å². The molecule has 3 rings (SSSR count). The van der Waals surface area contributed by atoms with Crippen molar-refractivity contribution in [1.29, 1.82) is 0 Å². The average Bonchev–Trinajstić information content (AvgIpc) is 3.62. The molecule has 0 atom stereocenters. The molecule has 0 spiro atoms. The summed E-state index contributed by atoms with van der Waals surface area (Å²) in [5.74, 6) is 1.49. The molecule has 206 valence electrons. The van der Waals surface area contributed by atoms with Crippen LogP contribution in [0.25, 0.3) is 20.9 Å². The van der Waals surface area contributed by atoms with Crippen molar-refractivity contribution < 1.29 is 19.1 Å². The highest BCUT2D eigenvalue weighted by Crippen LogP contribution is 2.44. The second-order valence-electron chi connectivity index (χ2n) is 9.72. The van der Waals surface area contributed by atoms with E-state index in [0.717, 1.165) is 70.6 Å². The molecule has 0 N–H and O–H groups in total. The van der Waals surface area contributed by atoms with Gasteiger partial charge in [-0.15, -0.1) is 22.7 Å². The Labute approximate surface area is 236 Å². The number of thiophene rings is 2. The summed E-state index contributed by atoms with van der Waals surface area (Å²) in [6.45, 7) is 5.77. The molecule has 0 unspecified atom stereocenters. The number of aldehydes is 2. The second-order valence-corrected chi connectivity index (χ2v) is 11.9. The molecule has 0 aliphatic carbocycles. The van der Waals surface area contributed by atoms with Crippen molar-refractivity contribution in [3.05, 3.63) is 46.2 Å². The molecule has 3 aromatic rings. The molecule has 4 nitrogen and oxygen atoms in total. The Hall–Kier alpha value is -2.44. The molecular formula is C32H42O4S2. The van der Waals surface area contributed by atoms with Crippen molar-refractivity contribution in [2.45, 2.75) is 90.9 Å². The molecular weight excluding hydrogens is 512 g/mol. The summed E-state index contributed by atoms with van der Waals surface area (Å²) in [5, 5.41) is 0. The van der Waals surface area contributed by atoms with E-state index in [0.29, 0.717) is 23.0 Å². The van der Waals surface area contributed by atoms with Crippen LogP contribution in [0.5, 0.6) is 11.5 Å². The van der Waals surface area contributed by atoms with Gasteiger partial charge in [-0.25, -0.2) is 0 Å². The van der Waals surface area contributed by atoms with Crippen LogP contribution in [0.4, 0.5) is 0 Å². The van der Waals surface area contributed by atoms with Gasteiger partial charge in [-0.2, -0.15) is 0 Å². The summed E-state index contributed by atoms with van der Waals surface area (Å²) in [4.78, 5) is 26.2. The Morgan fingerprint density at radius 2 is 0.974 bits per heavy atom. The molecule has 0 aliphatic rings. The number of unbranched alkanes of at least 4 members (excludes halogenated alkanes) is 10. The molecule has 2 heterocycles. The Morgan fingerprint density at radius 3 is 1.34 bits per heavy atom. The summed E-state index contributed by atoms with van der Waals surface area (Å²) >= 11 is 2.93. The normalized spacial score (nSPS) is 11.0. The van der Waals surface area contributed by atoms with Crippen LogP contribution in [-0.2, 0) is 0 Å². The van der Waals surface area contributed by atoms with Gasteiger partial charge in [0.25, 0.3) is 0 Å². The van der Waals surface area contributed by atoms with Gasteiger partial charge in [0.15, 0.2) is 24.1 Å². The van der Waals surface area contributed by atoms with E-state index in [2.05, 4.69) is 26.0 Å². The molecule has 0 saturated heterocycles. The second kappa shape index (κ2) is 17.2. The minimum absolute atomic E-state index is 0.649. The van der Waals surface area contributed by atoms with Gasteiger partial charge in [0.05, 0.1) is 23.0 Å². The number of ether oxygens (including phenoxy) is 2. The molecule has 2 aromatic heterocycles. The lowest BCUT2D eigenvalue weighted by molar-refractivity contribution is 0.111. The first-order valence-electron chi connectivity index (χ1n) is 14.2. The summed E-state index contributed by atoms with van der Waals surface area (Å²) in [5.41, 5.74) is 1.99. The lowest BCUT2D eigenvalue weighted by Crippen LogP contribution is -2.03.